The summed E-state index contributed by atoms with van der Waals surface area (Å²) in [7, 11) is 0. The van der Waals surface area contributed by atoms with Gasteiger partial charge in [0.2, 0.25) is 0 Å². The van der Waals surface area contributed by atoms with Gasteiger partial charge in [0.1, 0.15) is 21.9 Å². The first-order valence-corrected chi connectivity index (χ1v) is 5.64. The van der Waals surface area contributed by atoms with Crippen molar-refractivity contribution >= 4 is 41.1 Å². The van der Waals surface area contributed by atoms with Crippen LogP contribution in [0.25, 0.3) is 0 Å². The summed E-state index contributed by atoms with van der Waals surface area (Å²) in [6, 6.07) is 3.98. The Kier molecular flexibility index (Phi) is 4.48. The Hall–Kier alpha value is -1.01. The topological polar surface area (TPSA) is 47.6 Å². The van der Waals surface area contributed by atoms with Crippen molar-refractivity contribution in [1.82, 2.24) is 0 Å². The van der Waals surface area contributed by atoms with E-state index < -0.39 is 0 Å². The zero-order chi connectivity index (χ0) is 10.4. The predicted octanol–water partition coefficient (Wildman–Crippen LogP) is 3.12. The summed E-state index contributed by atoms with van der Waals surface area (Å²) in [5, 5.41) is 18.9. The molecule has 1 aliphatic heterocycles. The predicted molar refractivity (Wildman–Crippen MR) is 64.3 cm³/mol. The number of hydrogen-bond donors (Lipinski definition) is 0. The zero-order valence-electron chi connectivity index (χ0n) is 6.93. The van der Waals surface area contributed by atoms with Crippen molar-refractivity contribution in [3.8, 4) is 12.1 Å². The molecule has 0 aromatic heterocycles. The van der Waals surface area contributed by atoms with Crippen LogP contribution in [0.4, 0.5) is 0 Å². The van der Waals surface area contributed by atoms with Crippen LogP contribution in [-0.2, 0) is 0 Å². The highest BCUT2D eigenvalue weighted by Gasteiger charge is 2.19. The average molecular weight is 236 g/mol. The van der Waals surface area contributed by atoms with Gasteiger partial charge in [-0.05, 0) is 6.08 Å². The van der Waals surface area contributed by atoms with Crippen LogP contribution in [0.1, 0.15) is 0 Å². The molecule has 14 heavy (non-hydrogen) atoms. The summed E-state index contributed by atoms with van der Waals surface area (Å²) < 4.78 is 0.922. The number of hydrogen-bond acceptors (Lipinski definition) is 5. The van der Waals surface area contributed by atoms with E-state index in [1.807, 2.05) is 18.2 Å². The summed E-state index contributed by atoms with van der Waals surface area (Å²) in [6.07, 6.45) is 5.34. The van der Waals surface area contributed by atoms with Crippen LogP contribution in [0.5, 0.6) is 0 Å². The molecule has 0 aromatic rings. The quantitative estimate of drug-likeness (QED) is 0.544. The van der Waals surface area contributed by atoms with Crippen molar-refractivity contribution in [1.29, 1.82) is 10.5 Å². The molecule has 0 aliphatic carbocycles. The minimum atomic E-state index is 0.472. The number of nitrogens with zero attached hydrogens (tertiary/aromatic N) is 2. The van der Waals surface area contributed by atoms with E-state index in [4.69, 9.17) is 10.5 Å². The highest BCUT2D eigenvalue weighted by Crippen LogP contribution is 2.48. The minimum Gasteiger partial charge on any atom is -0.192 e. The SMILES string of the molecule is N#CC1=C(C#N)SC(=C/C=C/C=S)S1. The third-order valence-electron chi connectivity index (χ3n) is 1.24. The molecule has 0 saturated heterocycles. The van der Waals surface area contributed by atoms with E-state index in [1.165, 1.54) is 28.9 Å². The maximum Gasteiger partial charge on any atom is 0.115 e. The molecule has 0 saturated carbocycles. The lowest BCUT2D eigenvalue weighted by Gasteiger charge is -1.88. The molecule has 0 aromatic carbocycles. The van der Waals surface area contributed by atoms with E-state index >= 15 is 0 Å². The van der Waals surface area contributed by atoms with Crippen LogP contribution >= 0.6 is 35.7 Å². The fraction of sp³-hybridized carbons (Fsp3) is 0. The fourth-order valence-corrected chi connectivity index (χ4v) is 2.78. The Morgan fingerprint density at radius 1 is 1.07 bits per heavy atom. The van der Waals surface area contributed by atoms with E-state index in [9.17, 15) is 0 Å². The lowest BCUT2D eigenvalue weighted by molar-refractivity contribution is 1.50. The van der Waals surface area contributed by atoms with Gasteiger partial charge in [0.15, 0.2) is 0 Å². The molecule has 0 atom stereocenters. The first-order chi connectivity index (χ1) is 6.81. The van der Waals surface area contributed by atoms with E-state index in [1.54, 1.807) is 12.2 Å². The summed E-state index contributed by atoms with van der Waals surface area (Å²) in [6.45, 7) is 0. The average Bonchev–Trinajstić information content (AvgIpc) is 2.61. The van der Waals surface area contributed by atoms with Gasteiger partial charge in [-0.1, -0.05) is 47.9 Å². The van der Waals surface area contributed by atoms with E-state index in [0.717, 1.165) is 4.24 Å². The van der Waals surface area contributed by atoms with Gasteiger partial charge < -0.3 is 0 Å². The van der Waals surface area contributed by atoms with Crippen LogP contribution in [0, 0.1) is 22.7 Å². The highest BCUT2D eigenvalue weighted by atomic mass is 32.2. The Labute approximate surface area is 96.0 Å². The zero-order valence-corrected chi connectivity index (χ0v) is 9.38. The van der Waals surface area contributed by atoms with Crippen molar-refractivity contribution in [3.63, 3.8) is 0 Å². The molecule has 0 amide bonds. The normalized spacial score (nSPS) is 15.4. The first-order valence-electron chi connectivity index (χ1n) is 3.54. The molecule has 68 valence electrons. The van der Waals surface area contributed by atoms with Crippen LogP contribution < -0.4 is 0 Å². The van der Waals surface area contributed by atoms with E-state index in [-0.39, 0.29) is 0 Å². The van der Waals surface area contributed by atoms with Gasteiger partial charge in [0.05, 0.1) is 4.24 Å². The molecule has 0 radical (unpaired) electrons. The molecule has 0 fully saturated rings. The summed E-state index contributed by atoms with van der Waals surface area (Å²) in [5.41, 5.74) is 0. The van der Waals surface area contributed by atoms with Crippen molar-refractivity contribution < 1.29 is 0 Å². The number of rotatable bonds is 2. The van der Waals surface area contributed by atoms with Gasteiger partial charge in [0.25, 0.3) is 0 Å². The largest absolute Gasteiger partial charge is 0.192 e. The first kappa shape index (κ1) is 11.1. The summed E-state index contributed by atoms with van der Waals surface area (Å²) in [5.74, 6) is 0. The second-order valence-corrected chi connectivity index (χ2v) is 4.73. The van der Waals surface area contributed by atoms with Crippen molar-refractivity contribution in [3.05, 3.63) is 32.3 Å². The molecular formula is C9H4N2S3. The van der Waals surface area contributed by atoms with Gasteiger partial charge >= 0.3 is 0 Å². The molecule has 0 unspecified atom stereocenters. The number of thioether (sulfide) groups is 2. The third kappa shape index (κ3) is 2.74. The Balaban J connectivity index is 2.76. The van der Waals surface area contributed by atoms with E-state index in [0.29, 0.717) is 9.81 Å². The molecule has 5 heteroatoms. The summed E-state index contributed by atoms with van der Waals surface area (Å²) in [4.78, 5) is 0.944. The van der Waals surface area contributed by atoms with Crippen LogP contribution in [0.3, 0.4) is 0 Å². The Morgan fingerprint density at radius 3 is 2.07 bits per heavy atom. The number of allylic oxidation sites excluding steroid dienone is 5. The van der Waals surface area contributed by atoms with Gasteiger partial charge in [-0.15, -0.1) is 0 Å². The lowest BCUT2D eigenvalue weighted by atomic mass is 10.5. The molecular weight excluding hydrogens is 232 g/mol. The minimum absolute atomic E-state index is 0.472. The van der Waals surface area contributed by atoms with Crippen LogP contribution in [0.2, 0.25) is 0 Å². The van der Waals surface area contributed by atoms with Crippen molar-refractivity contribution in [2.45, 2.75) is 0 Å². The smallest absolute Gasteiger partial charge is 0.115 e. The third-order valence-corrected chi connectivity index (χ3v) is 3.70. The molecule has 0 bridgehead atoms. The molecule has 2 nitrogen and oxygen atoms in total. The van der Waals surface area contributed by atoms with Gasteiger partial charge in [-0.3, -0.25) is 0 Å². The standard InChI is InChI=1S/C9H4N2S3/c10-5-7-8(6-11)14-9(13-7)3-1-2-4-12/h1-4H/b2-1+. The molecule has 1 heterocycles. The molecule has 0 spiro atoms. The van der Waals surface area contributed by atoms with Gasteiger partial charge in [-0.25, -0.2) is 0 Å². The van der Waals surface area contributed by atoms with Crippen LogP contribution in [0.15, 0.2) is 32.3 Å². The second kappa shape index (κ2) is 5.66. The fourth-order valence-electron chi connectivity index (χ4n) is 0.709. The molecule has 1 aliphatic rings. The Morgan fingerprint density at radius 2 is 1.64 bits per heavy atom. The monoisotopic (exact) mass is 236 g/mol. The molecule has 0 N–H and O–H groups in total. The highest BCUT2D eigenvalue weighted by molar-refractivity contribution is 8.28. The summed E-state index contributed by atoms with van der Waals surface area (Å²) >= 11 is 7.24. The van der Waals surface area contributed by atoms with Crippen molar-refractivity contribution in [2.75, 3.05) is 0 Å². The van der Waals surface area contributed by atoms with Crippen molar-refractivity contribution in [2.24, 2.45) is 0 Å². The second-order valence-electron chi connectivity index (χ2n) is 2.09. The maximum absolute atomic E-state index is 8.70. The lowest BCUT2D eigenvalue weighted by Crippen LogP contribution is -1.66. The van der Waals surface area contributed by atoms with Gasteiger partial charge in [0, 0.05) is 5.37 Å². The Bertz CT molecular complexity index is 390. The maximum atomic E-state index is 8.70. The molecule has 1 rings (SSSR count). The number of nitriles is 2. The van der Waals surface area contributed by atoms with Crippen LogP contribution in [-0.4, -0.2) is 5.37 Å². The number of thiocarbonyl (C=S) groups is 1. The van der Waals surface area contributed by atoms with E-state index in [2.05, 4.69) is 12.2 Å². The van der Waals surface area contributed by atoms with Gasteiger partial charge in [-0.2, -0.15) is 10.5 Å².